The Morgan fingerprint density at radius 1 is 1.38 bits per heavy atom. The number of hydrogen-bond acceptors (Lipinski definition) is 2. The molecule has 0 saturated carbocycles. The maximum atomic E-state index is 11.8. The third-order valence-corrected chi connectivity index (χ3v) is 4.18. The minimum absolute atomic E-state index is 0.433. The molecule has 1 aromatic rings. The number of rotatable bonds is 1. The smallest absolute Gasteiger partial charge is 0.0735 e. The Balaban J connectivity index is 3.47. The molecule has 0 radical (unpaired) electrons. The van der Waals surface area contributed by atoms with Gasteiger partial charge in [0.2, 0.25) is 0 Å². The molecule has 0 aliphatic carbocycles. The summed E-state index contributed by atoms with van der Waals surface area (Å²) in [5.41, 5.74) is 0. The van der Waals surface area contributed by atoms with Gasteiger partial charge >= 0.3 is 0 Å². The van der Waals surface area contributed by atoms with Crippen LogP contribution in [0.25, 0.3) is 0 Å². The van der Waals surface area contributed by atoms with E-state index in [0.717, 1.165) is 0 Å². The van der Waals surface area contributed by atoms with E-state index >= 15 is 0 Å². The van der Waals surface area contributed by atoms with Crippen LogP contribution >= 0.6 is 23.2 Å². The molecule has 0 unspecified atom stereocenters. The van der Waals surface area contributed by atoms with E-state index in [4.69, 9.17) is 23.2 Å². The lowest BCUT2D eigenvalue weighted by Gasteiger charge is -2.05. The quantitative estimate of drug-likeness (QED) is 0.739. The monoisotopic (exact) mass is 237 g/mol. The van der Waals surface area contributed by atoms with Crippen LogP contribution in [0.3, 0.4) is 0 Å². The van der Waals surface area contributed by atoms with Crippen molar-refractivity contribution in [1.82, 2.24) is 0 Å². The van der Waals surface area contributed by atoms with Gasteiger partial charge in [-0.1, -0.05) is 23.2 Å². The minimum Gasteiger partial charge on any atom is -0.245 e. The molecule has 1 aromatic carbocycles. The van der Waals surface area contributed by atoms with Crippen LogP contribution < -0.4 is 0 Å². The van der Waals surface area contributed by atoms with Crippen LogP contribution in [-0.2, 0) is 9.73 Å². The van der Waals surface area contributed by atoms with Gasteiger partial charge in [0.25, 0.3) is 0 Å². The van der Waals surface area contributed by atoms with Crippen LogP contribution in [0.4, 0.5) is 0 Å². The highest BCUT2D eigenvalue weighted by Crippen LogP contribution is 2.25. The van der Waals surface area contributed by atoms with E-state index in [-0.39, 0.29) is 0 Å². The first-order valence-electron chi connectivity index (χ1n) is 3.52. The van der Waals surface area contributed by atoms with Gasteiger partial charge in [-0.15, -0.1) is 0 Å². The molecule has 0 amide bonds. The Morgan fingerprint density at radius 2 is 2.00 bits per heavy atom. The molecule has 2 nitrogen and oxygen atoms in total. The topological polar surface area (TPSA) is 29.4 Å². The maximum Gasteiger partial charge on any atom is 0.0735 e. The molecule has 1 rings (SSSR count). The van der Waals surface area contributed by atoms with Gasteiger partial charge in [0.1, 0.15) is 0 Å². The Bertz CT molecular complexity index is 436. The molecule has 0 aromatic heterocycles. The summed E-state index contributed by atoms with van der Waals surface area (Å²) >= 11 is 11.6. The molecule has 0 N–H and O–H groups in total. The SMILES string of the molecule is CN=[S@](C)(=O)c1cc(Cl)ccc1Cl. The van der Waals surface area contributed by atoms with E-state index in [9.17, 15) is 4.21 Å². The summed E-state index contributed by atoms with van der Waals surface area (Å²) in [5, 5.41) is 0.945. The van der Waals surface area contributed by atoms with Gasteiger partial charge in [-0.3, -0.25) is 0 Å². The highest BCUT2D eigenvalue weighted by atomic mass is 35.5. The molecular formula is C8H9Cl2NOS. The molecule has 0 saturated heterocycles. The van der Waals surface area contributed by atoms with E-state index < -0.39 is 9.73 Å². The molecule has 0 spiro atoms. The number of halogens is 2. The molecule has 72 valence electrons. The Morgan fingerprint density at radius 3 is 2.54 bits per heavy atom. The van der Waals surface area contributed by atoms with Crippen LogP contribution in [0.2, 0.25) is 10.0 Å². The van der Waals surface area contributed by atoms with Crippen molar-refractivity contribution in [2.45, 2.75) is 4.90 Å². The van der Waals surface area contributed by atoms with Gasteiger partial charge in [-0.05, 0) is 18.2 Å². The average Bonchev–Trinajstić information content (AvgIpc) is 2.09. The van der Waals surface area contributed by atoms with E-state index in [0.29, 0.717) is 14.9 Å². The fourth-order valence-corrected chi connectivity index (χ4v) is 2.62. The molecule has 0 fully saturated rings. The van der Waals surface area contributed by atoms with Crippen molar-refractivity contribution >= 4 is 32.9 Å². The van der Waals surface area contributed by atoms with Crippen molar-refractivity contribution in [2.75, 3.05) is 13.3 Å². The molecular weight excluding hydrogens is 229 g/mol. The van der Waals surface area contributed by atoms with E-state index in [2.05, 4.69) is 4.36 Å². The zero-order valence-corrected chi connectivity index (χ0v) is 9.58. The molecule has 0 bridgehead atoms. The first kappa shape index (κ1) is 10.8. The highest BCUT2D eigenvalue weighted by Gasteiger charge is 2.09. The summed E-state index contributed by atoms with van der Waals surface area (Å²) in [4.78, 5) is 0.490. The standard InChI is InChI=1S/C8H9Cl2NOS/c1-11-13(2,12)8-5-6(9)3-4-7(8)10/h3-5H,1-2H3/t13-/m1/s1. The maximum absolute atomic E-state index is 11.8. The van der Waals surface area contributed by atoms with Gasteiger partial charge in [0, 0.05) is 18.3 Å². The van der Waals surface area contributed by atoms with E-state index in [1.165, 1.54) is 13.3 Å². The number of nitrogens with zero attached hydrogens (tertiary/aromatic N) is 1. The lowest BCUT2D eigenvalue weighted by atomic mass is 10.4. The summed E-state index contributed by atoms with van der Waals surface area (Å²) in [7, 11) is -0.893. The predicted molar refractivity (Wildman–Crippen MR) is 57.1 cm³/mol. The Kier molecular flexibility index (Phi) is 3.22. The van der Waals surface area contributed by atoms with Crippen molar-refractivity contribution in [2.24, 2.45) is 4.36 Å². The lowest BCUT2D eigenvalue weighted by molar-refractivity contribution is 0.680. The molecule has 1 atom stereocenters. The van der Waals surface area contributed by atoms with Crippen LogP contribution in [0.1, 0.15) is 0 Å². The van der Waals surface area contributed by atoms with E-state index in [1.54, 1.807) is 18.2 Å². The van der Waals surface area contributed by atoms with Crippen molar-refractivity contribution < 1.29 is 4.21 Å². The van der Waals surface area contributed by atoms with Crippen LogP contribution in [0.5, 0.6) is 0 Å². The zero-order chi connectivity index (χ0) is 10.1. The van der Waals surface area contributed by atoms with E-state index in [1.807, 2.05) is 0 Å². The van der Waals surface area contributed by atoms with Gasteiger partial charge in [0.15, 0.2) is 0 Å². The second-order valence-electron chi connectivity index (χ2n) is 2.56. The average molecular weight is 238 g/mol. The fraction of sp³-hybridized carbons (Fsp3) is 0.250. The number of hydrogen-bond donors (Lipinski definition) is 0. The molecule has 0 aliphatic rings. The van der Waals surface area contributed by atoms with Crippen molar-refractivity contribution in [1.29, 1.82) is 0 Å². The largest absolute Gasteiger partial charge is 0.245 e. The van der Waals surface area contributed by atoms with Crippen LogP contribution in [0.15, 0.2) is 27.5 Å². The Labute approximate surface area is 88.0 Å². The minimum atomic E-state index is -2.39. The van der Waals surface area contributed by atoms with Crippen molar-refractivity contribution in [3.05, 3.63) is 28.2 Å². The predicted octanol–water partition coefficient (Wildman–Crippen LogP) is 3.08. The fourth-order valence-electron chi connectivity index (χ4n) is 0.866. The first-order chi connectivity index (χ1) is 5.97. The second-order valence-corrected chi connectivity index (χ2v) is 5.81. The third kappa shape index (κ3) is 2.36. The van der Waals surface area contributed by atoms with Crippen molar-refractivity contribution in [3.8, 4) is 0 Å². The molecule has 13 heavy (non-hydrogen) atoms. The second kappa shape index (κ2) is 3.86. The summed E-state index contributed by atoms with van der Waals surface area (Å²) in [6.45, 7) is 0. The highest BCUT2D eigenvalue weighted by molar-refractivity contribution is 7.93. The summed E-state index contributed by atoms with van der Waals surface area (Å²) in [6, 6.07) is 4.85. The van der Waals surface area contributed by atoms with Gasteiger partial charge in [0.05, 0.1) is 19.6 Å². The summed E-state index contributed by atoms with van der Waals surface area (Å²) < 4.78 is 15.6. The molecule has 0 heterocycles. The molecule has 5 heteroatoms. The van der Waals surface area contributed by atoms with Gasteiger partial charge < -0.3 is 0 Å². The van der Waals surface area contributed by atoms with Gasteiger partial charge in [-0.2, -0.15) is 0 Å². The summed E-state index contributed by atoms with van der Waals surface area (Å²) in [5.74, 6) is 0. The lowest BCUT2D eigenvalue weighted by Crippen LogP contribution is -1.97. The van der Waals surface area contributed by atoms with Gasteiger partial charge in [-0.25, -0.2) is 8.57 Å². The van der Waals surface area contributed by atoms with Crippen molar-refractivity contribution in [3.63, 3.8) is 0 Å². The summed E-state index contributed by atoms with van der Waals surface area (Å²) in [6.07, 6.45) is 1.53. The Hall–Kier alpha value is -0.250. The number of benzene rings is 1. The van der Waals surface area contributed by atoms with Crippen LogP contribution in [-0.4, -0.2) is 17.5 Å². The normalized spacial score (nSPS) is 15.1. The zero-order valence-electron chi connectivity index (χ0n) is 7.25. The first-order valence-corrected chi connectivity index (χ1v) is 6.20. The molecule has 0 aliphatic heterocycles. The van der Waals surface area contributed by atoms with Crippen LogP contribution in [0, 0.1) is 0 Å². The third-order valence-electron chi connectivity index (χ3n) is 1.65.